The maximum atomic E-state index is 12.9. The number of rotatable bonds is 4. The zero-order valence-corrected chi connectivity index (χ0v) is 9.69. The first-order valence-corrected chi connectivity index (χ1v) is 5.53. The summed E-state index contributed by atoms with van der Waals surface area (Å²) in [5.41, 5.74) is 0.448. The largest absolute Gasteiger partial charge is 0.469 e. The van der Waals surface area contributed by atoms with Crippen LogP contribution in [0.25, 0.3) is 0 Å². The van der Waals surface area contributed by atoms with Gasteiger partial charge in [-0.05, 0) is 29.8 Å². The van der Waals surface area contributed by atoms with E-state index in [0.29, 0.717) is 6.42 Å². The summed E-state index contributed by atoms with van der Waals surface area (Å²) in [7, 11) is 0. The molecule has 1 unspecified atom stereocenters. The van der Waals surface area contributed by atoms with Crippen molar-refractivity contribution < 1.29 is 13.9 Å². The molecule has 1 aromatic carbocycles. The molecule has 90 valence electrons. The van der Waals surface area contributed by atoms with Crippen molar-refractivity contribution in [3.8, 4) is 0 Å². The van der Waals surface area contributed by atoms with Crippen molar-refractivity contribution in [2.75, 3.05) is 6.61 Å². The summed E-state index contributed by atoms with van der Waals surface area (Å²) in [5.74, 6) is 0.540. The van der Waals surface area contributed by atoms with E-state index < -0.39 is 5.41 Å². The summed E-state index contributed by atoms with van der Waals surface area (Å²) in [6, 6.07) is 9.91. The number of aliphatic hydroxyl groups excluding tert-OH is 1. The van der Waals surface area contributed by atoms with E-state index in [-0.39, 0.29) is 12.4 Å². The molecule has 17 heavy (non-hydrogen) atoms. The minimum atomic E-state index is -0.453. The zero-order chi connectivity index (χ0) is 12.3. The van der Waals surface area contributed by atoms with Gasteiger partial charge in [0.05, 0.1) is 12.9 Å². The van der Waals surface area contributed by atoms with Crippen LogP contribution in [0.5, 0.6) is 0 Å². The molecule has 0 aliphatic carbocycles. The Bertz CT molecular complexity index is 461. The van der Waals surface area contributed by atoms with E-state index in [4.69, 9.17) is 4.42 Å². The molecular weight excluding hydrogens is 219 g/mol. The Morgan fingerprint density at radius 3 is 2.47 bits per heavy atom. The van der Waals surface area contributed by atoms with Crippen LogP contribution in [0.4, 0.5) is 4.39 Å². The molecule has 0 amide bonds. The van der Waals surface area contributed by atoms with Gasteiger partial charge in [0.15, 0.2) is 0 Å². The fourth-order valence-electron chi connectivity index (χ4n) is 1.90. The number of aliphatic hydroxyl groups is 1. The molecule has 0 saturated heterocycles. The molecule has 0 fully saturated rings. The highest BCUT2D eigenvalue weighted by molar-refractivity contribution is 5.27. The lowest BCUT2D eigenvalue weighted by Gasteiger charge is -2.26. The van der Waals surface area contributed by atoms with Crippen LogP contribution in [0.3, 0.4) is 0 Å². The maximum Gasteiger partial charge on any atom is 0.123 e. The SMILES string of the molecule is CC(CO)(Cc1ccco1)c1ccc(F)cc1. The zero-order valence-electron chi connectivity index (χ0n) is 9.69. The number of halogens is 1. The third kappa shape index (κ3) is 2.56. The normalized spacial score (nSPS) is 14.5. The van der Waals surface area contributed by atoms with Crippen LogP contribution in [0, 0.1) is 5.82 Å². The first-order chi connectivity index (χ1) is 8.14. The molecule has 1 heterocycles. The van der Waals surface area contributed by atoms with Crippen molar-refractivity contribution >= 4 is 0 Å². The van der Waals surface area contributed by atoms with Gasteiger partial charge in [0.25, 0.3) is 0 Å². The molecule has 0 saturated carbocycles. The number of benzene rings is 1. The molecule has 2 rings (SSSR count). The van der Waals surface area contributed by atoms with Gasteiger partial charge in [-0.2, -0.15) is 0 Å². The van der Waals surface area contributed by atoms with E-state index in [9.17, 15) is 9.50 Å². The Kier molecular flexibility index (Phi) is 3.29. The standard InChI is InChI=1S/C14H15FO2/c1-14(10-16,9-13-3-2-8-17-13)11-4-6-12(15)7-5-11/h2-8,16H,9-10H2,1H3. The molecule has 0 bridgehead atoms. The quantitative estimate of drug-likeness (QED) is 0.882. The van der Waals surface area contributed by atoms with Gasteiger partial charge in [0.1, 0.15) is 11.6 Å². The number of hydrogen-bond acceptors (Lipinski definition) is 2. The van der Waals surface area contributed by atoms with Crippen LogP contribution < -0.4 is 0 Å². The van der Waals surface area contributed by atoms with E-state index in [1.54, 1.807) is 18.4 Å². The van der Waals surface area contributed by atoms with Crippen molar-refractivity contribution in [1.82, 2.24) is 0 Å². The summed E-state index contributed by atoms with van der Waals surface area (Å²) >= 11 is 0. The predicted molar refractivity (Wildman–Crippen MR) is 63.2 cm³/mol. The van der Waals surface area contributed by atoms with Crippen molar-refractivity contribution in [3.05, 3.63) is 59.8 Å². The van der Waals surface area contributed by atoms with Crippen molar-refractivity contribution in [2.24, 2.45) is 0 Å². The third-order valence-electron chi connectivity index (χ3n) is 3.03. The summed E-state index contributed by atoms with van der Waals surface area (Å²) < 4.78 is 18.2. The lowest BCUT2D eigenvalue weighted by atomic mass is 9.79. The van der Waals surface area contributed by atoms with E-state index >= 15 is 0 Å². The average molecular weight is 234 g/mol. The second-order valence-electron chi connectivity index (χ2n) is 4.48. The lowest BCUT2D eigenvalue weighted by Crippen LogP contribution is -2.29. The molecule has 0 aliphatic rings. The summed E-state index contributed by atoms with van der Waals surface area (Å²) in [6.07, 6.45) is 2.19. The van der Waals surface area contributed by atoms with E-state index in [2.05, 4.69) is 0 Å². The van der Waals surface area contributed by atoms with Crippen LogP contribution in [0.1, 0.15) is 18.2 Å². The Hall–Kier alpha value is -1.61. The van der Waals surface area contributed by atoms with Gasteiger partial charge in [-0.15, -0.1) is 0 Å². The van der Waals surface area contributed by atoms with Gasteiger partial charge >= 0.3 is 0 Å². The summed E-state index contributed by atoms with van der Waals surface area (Å²) in [4.78, 5) is 0. The predicted octanol–water partition coefficient (Wildman–Crippen LogP) is 2.91. The molecule has 1 N–H and O–H groups in total. The lowest BCUT2D eigenvalue weighted by molar-refractivity contribution is 0.198. The third-order valence-corrected chi connectivity index (χ3v) is 3.03. The monoisotopic (exact) mass is 234 g/mol. The van der Waals surface area contributed by atoms with E-state index in [0.717, 1.165) is 11.3 Å². The van der Waals surface area contributed by atoms with Gasteiger partial charge in [-0.25, -0.2) is 4.39 Å². The van der Waals surface area contributed by atoms with Crippen molar-refractivity contribution in [3.63, 3.8) is 0 Å². The van der Waals surface area contributed by atoms with E-state index in [1.807, 2.05) is 19.1 Å². The molecule has 0 radical (unpaired) electrons. The molecule has 2 nitrogen and oxygen atoms in total. The molecule has 0 spiro atoms. The van der Waals surface area contributed by atoms with E-state index in [1.165, 1.54) is 12.1 Å². The second-order valence-corrected chi connectivity index (χ2v) is 4.48. The van der Waals surface area contributed by atoms with Crippen LogP contribution in [-0.2, 0) is 11.8 Å². The van der Waals surface area contributed by atoms with Crippen molar-refractivity contribution in [1.29, 1.82) is 0 Å². The van der Waals surface area contributed by atoms with Gasteiger partial charge in [-0.3, -0.25) is 0 Å². The maximum absolute atomic E-state index is 12.9. The van der Waals surface area contributed by atoms with Crippen molar-refractivity contribution in [2.45, 2.75) is 18.8 Å². The molecule has 1 atom stereocenters. The molecule has 2 aromatic rings. The average Bonchev–Trinajstić information content (AvgIpc) is 2.82. The second kappa shape index (κ2) is 4.72. The molecule has 0 aliphatic heterocycles. The number of furan rings is 1. The van der Waals surface area contributed by atoms with Crippen LogP contribution >= 0.6 is 0 Å². The Labute approximate surface area is 99.7 Å². The first kappa shape index (κ1) is 11.9. The fourth-order valence-corrected chi connectivity index (χ4v) is 1.90. The van der Waals surface area contributed by atoms with Gasteiger partial charge in [-0.1, -0.05) is 19.1 Å². The Balaban J connectivity index is 2.27. The highest BCUT2D eigenvalue weighted by Crippen LogP contribution is 2.28. The first-order valence-electron chi connectivity index (χ1n) is 5.53. The van der Waals surface area contributed by atoms with Gasteiger partial charge in [0.2, 0.25) is 0 Å². The molecule has 3 heteroatoms. The van der Waals surface area contributed by atoms with Gasteiger partial charge < -0.3 is 9.52 Å². The minimum absolute atomic E-state index is 0.0146. The van der Waals surface area contributed by atoms with Crippen LogP contribution in [-0.4, -0.2) is 11.7 Å². The van der Waals surface area contributed by atoms with Gasteiger partial charge in [0, 0.05) is 11.8 Å². The Morgan fingerprint density at radius 2 is 1.94 bits per heavy atom. The fraction of sp³-hybridized carbons (Fsp3) is 0.286. The summed E-state index contributed by atoms with van der Waals surface area (Å²) in [5, 5.41) is 9.57. The Morgan fingerprint density at radius 1 is 1.24 bits per heavy atom. The highest BCUT2D eigenvalue weighted by atomic mass is 19.1. The highest BCUT2D eigenvalue weighted by Gasteiger charge is 2.27. The minimum Gasteiger partial charge on any atom is -0.469 e. The molecule has 1 aromatic heterocycles. The molecular formula is C14H15FO2. The summed E-state index contributed by atoms with van der Waals surface area (Å²) in [6.45, 7) is 1.92. The van der Waals surface area contributed by atoms with Crippen LogP contribution in [0.15, 0.2) is 47.1 Å². The van der Waals surface area contributed by atoms with Crippen LogP contribution in [0.2, 0.25) is 0 Å². The smallest absolute Gasteiger partial charge is 0.123 e. The number of hydrogen-bond donors (Lipinski definition) is 1. The topological polar surface area (TPSA) is 33.4 Å².